The lowest BCUT2D eigenvalue weighted by Crippen LogP contribution is -2.34. The molecule has 0 aliphatic carbocycles. The van der Waals surface area contributed by atoms with E-state index in [1.807, 2.05) is 6.07 Å². The van der Waals surface area contributed by atoms with Crippen molar-refractivity contribution in [3.8, 4) is 0 Å². The molecule has 0 bridgehead atoms. The van der Waals surface area contributed by atoms with Crippen LogP contribution in [-0.2, 0) is 10.0 Å². The predicted molar refractivity (Wildman–Crippen MR) is 74.7 cm³/mol. The summed E-state index contributed by atoms with van der Waals surface area (Å²) >= 11 is 4.78. The third-order valence-electron chi connectivity index (χ3n) is 2.31. The Balaban J connectivity index is 2.99. The zero-order valence-electron chi connectivity index (χ0n) is 9.67. The lowest BCUT2D eigenvalue weighted by atomic mass is 10.3. The molecule has 1 aromatic rings. The van der Waals surface area contributed by atoms with Gasteiger partial charge in [0, 0.05) is 13.0 Å². The number of sulfonamides is 1. The average Bonchev–Trinajstić information content (AvgIpc) is 2.30. The lowest BCUT2D eigenvalue weighted by Gasteiger charge is -2.23. The number of hydrogen-bond donors (Lipinski definition) is 1. The zero-order chi connectivity index (χ0) is 12.9. The zero-order valence-corrected chi connectivity index (χ0v) is 11.3. The smallest absolute Gasteiger partial charge is 0.234 e. The van der Waals surface area contributed by atoms with Crippen LogP contribution in [0.4, 0.5) is 5.69 Å². The highest BCUT2D eigenvalue weighted by Crippen LogP contribution is 2.18. The highest BCUT2D eigenvalue weighted by atomic mass is 32.2. The molecule has 0 heterocycles. The first-order valence-corrected chi connectivity index (χ1v) is 7.33. The van der Waals surface area contributed by atoms with Crippen LogP contribution in [0.1, 0.15) is 13.3 Å². The van der Waals surface area contributed by atoms with Crippen molar-refractivity contribution in [2.45, 2.75) is 13.3 Å². The minimum atomic E-state index is -3.29. The number of nitrogens with zero attached hydrogens (tertiary/aromatic N) is 1. The number of anilines is 1. The maximum Gasteiger partial charge on any atom is 0.234 e. The van der Waals surface area contributed by atoms with Crippen LogP contribution in [0.3, 0.4) is 0 Å². The Bertz CT molecular complexity index is 472. The standard InChI is InChI=1S/C11H16N2O2S2/c1-2-17(14,15)13(9-8-11(12)16)10-6-4-3-5-7-10/h3-7H,2,8-9H2,1H3,(H2,12,16). The van der Waals surface area contributed by atoms with Gasteiger partial charge in [-0.15, -0.1) is 0 Å². The molecule has 0 unspecified atom stereocenters. The number of hydrogen-bond acceptors (Lipinski definition) is 3. The molecule has 17 heavy (non-hydrogen) atoms. The fourth-order valence-corrected chi connectivity index (χ4v) is 2.61. The molecule has 0 saturated carbocycles. The van der Waals surface area contributed by atoms with Crippen LogP contribution in [0.25, 0.3) is 0 Å². The summed E-state index contributed by atoms with van der Waals surface area (Å²) in [5, 5.41) is 0. The van der Waals surface area contributed by atoms with Gasteiger partial charge in [-0.1, -0.05) is 30.4 Å². The van der Waals surface area contributed by atoms with Crippen molar-refractivity contribution in [3.05, 3.63) is 30.3 Å². The molecular formula is C11H16N2O2S2. The number of rotatable bonds is 6. The molecule has 0 aliphatic rings. The quantitative estimate of drug-likeness (QED) is 0.798. The maximum absolute atomic E-state index is 12.0. The van der Waals surface area contributed by atoms with Gasteiger partial charge < -0.3 is 5.73 Å². The summed E-state index contributed by atoms with van der Waals surface area (Å²) in [7, 11) is -3.29. The summed E-state index contributed by atoms with van der Waals surface area (Å²) in [6.07, 6.45) is 0.378. The monoisotopic (exact) mass is 272 g/mol. The van der Waals surface area contributed by atoms with E-state index in [0.717, 1.165) is 0 Å². The molecule has 0 spiro atoms. The Morgan fingerprint density at radius 3 is 2.41 bits per heavy atom. The lowest BCUT2D eigenvalue weighted by molar-refractivity contribution is 0.592. The van der Waals surface area contributed by atoms with E-state index < -0.39 is 10.0 Å². The largest absolute Gasteiger partial charge is 0.393 e. The first-order chi connectivity index (χ1) is 7.97. The van der Waals surface area contributed by atoms with E-state index in [1.54, 1.807) is 31.2 Å². The van der Waals surface area contributed by atoms with E-state index in [-0.39, 0.29) is 12.3 Å². The normalized spacial score (nSPS) is 11.1. The Hall–Kier alpha value is -1.14. The van der Waals surface area contributed by atoms with Crippen molar-refractivity contribution < 1.29 is 8.42 Å². The van der Waals surface area contributed by atoms with Crippen LogP contribution in [0, 0.1) is 0 Å². The summed E-state index contributed by atoms with van der Waals surface area (Å²) in [4.78, 5) is 0.317. The second-order valence-corrected chi connectivity index (χ2v) is 6.23. The van der Waals surface area contributed by atoms with Gasteiger partial charge in [0.1, 0.15) is 0 Å². The van der Waals surface area contributed by atoms with Crippen LogP contribution >= 0.6 is 12.2 Å². The van der Waals surface area contributed by atoms with Gasteiger partial charge in [-0.05, 0) is 19.1 Å². The highest BCUT2D eigenvalue weighted by Gasteiger charge is 2.19. The van der Waals surface area contributed by atoms with E-state index in [1.165, 1.54) is 4.31 Å². The number of para-hydroxylation sites is 1. The molecule has 4 nitrogen and oxygen atoms in total. The topological polar surface area (TPSA) is 63.4 Å². The summed E-state index contributed by atoms with van der Waals surface area (Å²) in [5.41, 5.74) is 6.06. The van der Waals surface area contributed by atoms with E-state index in [4.69, 9.17) is 18.0 Å². The summed E-state index contributed by atoms with van der Waals surface area (Å²) in [5.74, 6) is 0.0548. The molecule has 2 N–H and O–H groups in total. The van der Waals surface area contributed by atoms with Crippen LogP contribution in [0.5, 0.6) is 0 Å². The van der Waals surface area contributed by atoms with Gasteiger partial charge in [-0.25, -0.2) is 8.42 Å². The SMILES string of the molecule is CCS(=O)(=O)N(CCC(N)=S)c1ccccc1. The van der Waals surface area contributed by atoms with Gasteiger partial charge in [0.25, 0.3) is 0 Å². The van der Waals surface area contributed by atoms with Crippen molar-refractivity contribution in [3.63, 3.8) is 0 Å². The van der Waals surface area contributed by atoms with Crippen molar-refractivity contribution >= 4 is 32.9 Å². The summed E-state index contributed by atoms with van der Waals surface area (Å²) in [6, 6.07) is 8.95. The van der Waals surface area contributed by atoms with Crippen LogP contribution in [0.2, 0.25) is 0 Å². The van der Waals surface area contributed by atoms with Gasteiger partial charge in [0.15, 0.2) is 0 Å². The van der Waals surface area contributed by atoms with Crippen molar-refractivity contribution in [1.29, 1.82) is 0 Å². The molecule has 94 valence electrons. The molecule has 1 rings (SSSR count). The van der Waals surface area contributed by atoms with Crippen LogP contribution in [-0.4, -0.2) is 25.7 Å². The van der Waals surface area contributed by atoms with Gasteiger partial charge >= 0.3 is 0 Å². The fraction of sp³-hybridized carbons (Fsp3) is 0.364. The predicted octanol–water partition coefficient (Wildman–Crippen LogP) is 1.52. The van der Waals surface area contributed by atoms with Crippen LogP contribution in [0.15, 0.2) is 30.3 Å². The maximum atomic E-state index is 12.0. The van der Waals surface area contributed by atoms with Gasteiger partial charge in [0.05, 0.1) is 16.4 Å². The van der Waals surface area contributed by atoms with Crippen molar-refractivity contribution in [1.82, 2.24) is 0 Å². The van der Waals surface area contributed by atoms with Gasteiger partial charge in [-0.2, -0.15) is 0 Å². The third kappa shape index (κ3) is 3.98. The van der Waals surface area contributed by atoms with E-state index in [9.17, 15) is 8.42 Å². The minimum Gasteiger partial charge on any atom is -0.393 e. The molecule has 0 amide bonds. The molecule has 0 saturated heterocycles. The molecule has 0 fully saturated rings. The number of nitrogens with two attached hydrogens (primary N) is 1. The molecule has 0 atom stereocenters. The van der Waals surface area contributed by atoms with E-state index in [2.05, 4.69) is 0 Å². The number of benzene rings is 1. The average molecular weight is 272 g/mol. The molecule has 0 radical (unpaired) electrons. The van der Waals surface area contributed by atoms with Crippen molar-refractivity contribution in [2.75, 3.05) is 16.6 Å². The Labute approximate surface area is 107 Å². The second-order valence-electron chi connectivity index (χ2n) is 3.52. The summed E-state index contributed by atoms with van der Waals surface area (Å²) in [6.45, 7) is 1.90. The van der Waals surface area contributed by atoms with Gasteiger partial charge in [-0.3, -0.25) is 4.31 Å². The highest BCUT2D eigenvalue weighted by molar-refractivity contribution is 7.92. The molecule has 1 aromatic carbocycles. The van der Waals surface area contributed by atoms with E-state index in [0.29, 0.717) is 17.1 Å². The Kier molecular flexibility index (Phi) is 4.89. The molecule has 0 aliphatic heterocycles. The van der Waals surface area contributed by atoms with Crippen LogP contribution < -0.4 is 10.0 Å². The molecule has 6 heteroatoms. The Morgan fingerprint density at radius 1 is 1.35 bits per heavy atom. The minimum absolute atomic E-state index is 0.0548. The van der Waals surface area contributed by atoms with Gasteiger partial charge in [0.2, 0.25) is 10.0 Å². The van der Waals surface area contributed by atoms with Crippen molar-refractivity contribution in [2.24, 2.45) is 5.73 Å². The third-order valence-corrected chi connectivity index (χ3v) is 4.30. The molecule has 0 aromatic heterocycles. The van der Waals surface area contributed by atoms with E-state index >= 15 is 0 Å². The first kappa shape index (κ1) is 13.9. The fourth-order valence-electron chi connectivity index (χ4n) is 1.39. The number of thiocarbonyl (C=S) groups is 1. The Morgan fingerprint density at radius 2 is 1.94 bits per heavy atom. The first-order valence-electron chi connectivity index (χ1n) is 5.31. The second kappa shape index (κ2) is 5.97. The summed E-state index contributed by atoms with van der Waals surface area (Å²) < 4.78 is 25.3. The molecular weight excluding hydrogens is 256 g/mol.